The highest BCUT2D eigenvalue weighted by Crippen LogP contribution is 2.16. The molecule has 0 amide bonds. The molecule has 0 aliphatic carbocycles. The summed E-state index contributed by atoms with van der Waals surface area (Å²) in [4.78, 5) is 0. The van der Waals surface area contributed by atoms with Crippen LogP contribution in [0, 0.1) is 0 Å². The van der Waals surface area contributed by atoms with Crippen LogP contribution in [0.2, 0.25) is 0 Å². The maximum atomic E-state index is 5.39. The Balaban J connectivity index is 2.54. The number of nitrogens with one attached hydrogen (secondary N) is 2. The molecule has 18 heavy (non-hydrogen) atoms. The van der Waals surface area contributed by atoms with E-state index in [1.54, 1.807) is 0 Å². The van der Waals surface area contributed by atoms with Crippen LogP contribution in [0.5, 0.6) is 5.75 Å². The van der Waals surface area contributed by atoms with E-state index in [4.69, 9.17) is 17.0 Å². The lowest BCUT2D eigenvalue weighted by Crippen LogP contribution is -2.44. The van der Waals surface area contributed by atoms with Crippen LogP contribution in [-0.4, -0.2) is 17.3 Å². The van der Waals surface area contributed by atoms with Gasteiger partial charge in [-0.25, -0.2) is 0 Å². The molecule has 0 bridgehead atoms. The molecule has 1 rings (SSSR count). The zero-order chi connectivity index (χ0) is 13.6. The second-order valence-electron chi connectivity index (χ2n) is 4.77. The Morgan fingerprint density at radius 3 is 2.33 bits per heavy atom. The van der Waals surface area contributed by atoms with Crippen LogP contribution in [0.3, 0.4) is 0 Å². The quantitative estimate of drug-likeness (QED) is 0.798. The van der Waals surface area contributed by atoms with Gasteiger partial charge in [0.15, 0.2) is 5.11 Å². The second kappa shape index (κ2) is 6.59. The normalized spacial score (nSPS) is 10.9. The molecule has 0 fully saturated rings. The molecule has 100 valence electrons. The van der Waals surface area contributed by atoms with E-state index in [9.17, 15) is 0 Å². The van der Waals surface area contributed by atoms with Crippen molar-refractivity contribution in [3.05, 3.63) is 24.3 Å². The fraction of sp³-hybridized carbons (Fsp3) is 0.500. The first kappa shape index (κ1) is 14.8. The highest BCUT2D eigenvalue weighted by molar-refractivity contribution is 7.80. The minimum atomic E-state index is 0.00927. The molecule has 0 atom stereocenters. The van der Waals surface area contributed by atoms with E-state index in [1.165, 1.54) is 0 Å². The minimum absolute atomic E-state index is 0.00927. The maximum Gasteiger partial charge on any atom is 0.171 e. The van der Waals surface area contributed by atoms with Gasteiger partial charge in [0.25, 0.3) is 0 Å². The lowest BCUT2D eigenvalue weighted by molar-refractivity contribution is 0.340. The van der Waals surface area contributed by atoms with E-state index in [0.29, 0.717) is 11.7 Å². The van der Waals surface area contributed by atoms with Gasteiger partial charge < -0.3 is 15.4 Å². The Bertz CT molecular complexity index is 387. The third-order valence-electron chi connectivity index (χ3n) is 2.76. The first-order chi connectivity index (χ1) is 8.46. The number of anilines is 1. The van der Waals surface area contributed by atoms with E-state index in [2.05, 4.69) is 31.4 Å². The third kappa shape index (κ3) is 4.92. The van der Waals surface area contributed by atoms with Crippen molar-refractivity contribution in [1.29, 1.82) is 0 Å². The maximum absolute atomic E-state index is 5.39. The van der Waals surface area contributed by atoms with Crippen LogP contribution in [0.1, 0.15) is 34.1 Å². The average Bonchev–Trinajstić information content (AvgIpc) is 2.31. The van der Waals surface area contributed by atoms with Crippen LogP contribution in [-0.2, 0) is 0 Å². The summed E-state index contributed by atoms with van der Waals surface area (Å²) in [5.41, 5.74) is 0.970. The van der Waals surface area contributed by atoms with Gasteiger partial charge in [-0.05, 0) is 63.7 Å². The van der Waals surface area contributed by atoms with Gasteiger partial charge in [-0.2, -0.15) is 0 Å². The molecule has 0 unspecified atom stereocenters. The number of thiocarbonyl (C=S) groups is 1. The molecular formula is C14H22N2OS. The van der Waals surface area contributed by atoms with Gasteiger partial charge in [0, 0.05) is 11.2 Å². The molecule has 3 nitrogen and oxygen atoms in total. The van der Waals surface area contributed by atoms with Crippen LogP contribution in [0.4, 0.5) is 5.69 Å². The van der Waals surface area contributed by atoms with Crippen molar-refractivity contribution in [2.24, 2.45) is 0 Å². The third-order valence-corrected chi connectivity index (χ3v) is 2.96. The molecule has 0 aromatic heterocycles. The van der Waals surface area contributed by atoms with Gasteiger partial charge in [0.1, 0.15) is 5.75 Å². The van der Waals surface area contributed by atoms with Gasteiger partial charge in [-0.3, -0.25) is 0 Å². The van der Waals surface area contributed by atoms with Gasteiger partial charge >= 0.3 is 0 Å². The summed E-state index contributed by atoms with van der Waals surface area (Å²) in [6.45, 7) is 9.03. The molecule has 1 aromatic rings. The number of ether oxygens (including phenoxy) is 1. The lowest BCUT2D eigenvalue weighted by Gasteiger charge is -2.26. The summed E-state index contributed by atoms with van der Waals surface area (Å²) in [6.07, 6.45) is 1.01. The number of hydrogen-bond donors (Lipinski definition) is 2. The summed E-state index contributed by atoms with van der Waals surface area (Å²) in [5, 5.41) is 7.09. The van der Waals surface area contributed by atoms with Crippen LogP contribution in [0.25, 0.3) is 0 Å². The van der Waals surface area contributed by atoms with Crippen LogP contribution < -0.4 is 15.4 Å². The van der Waals surface area contributed by atoms with Gasteiger partial charge in [0.2, 0.25) is 0 Å². The van der Waals surface area contributed by atoms with Crippen molar-refractivity contribution < 1.29 is 4.74 Å². The molecule has 0 aliphatic heterocycles. The standard InChI is InChI=1S/C14H22N2OS/c1-5-14(3,4)16-13(18)15-11-7-9-12(10-8-11)17-6-2/h7-10H,5-6H2,1-4H3,(H2,15,16,18). The summed E-state index contributed by atoms with van der Waals surface area (Å²) in [7, 11) is 0. The second-order valence-corrected chi connectivity index (χ2v) is 5.18. The van der Waals surface area contributed by atoms with E-state index in [-0.39, 0.29) is 5.54 Å². The Morgan fingerprint density at radius 2 is 1.83 bits per heavy atom. The van der Waals surface area contributed by atoms with Crippen molar-refractivity contribution in [2.45, 2.75) is 39.7 Å². The predicted octanol–water partition coefficient (Wildman–Crippen LogP) is 3.56. The molecule has 0 saturated carbocycles. The molecule has 4 heteroatoms. The highest BCUT2D eigenvalue weighted by Gasteiger charge is 2.15. The molecule has 2 N–H and O–H groups in total. The predicted molar refractivity (Wildman–Crippen MR) is 81.3 cm³/mol. The molecule has 0 heterocycles. The Hall–Kier alpha value is -1.29. The molecule has 0 aliphatic rings. The zero-order valence-corrected chi connectivity index (χ0v) is 12.4. The van der Waals surface area contributed by atoms with Crippen molar-refractivity contribution in [2.75, 3.05) is 11.9 Å². The van der Waals surface area contributed by atoms with Crippen molar-refractivity contribution in [3.63, 3.8) is 0 Å². The van der Waals surface area contributed by atoms with Crippen LogP contribution >= 0.6 is 12.2 Å². The molecule has 0 radical (unpaired) electrons. The summed E-state index contributed by atoms with van der Waals surface area (Å²) in [6, 6.07) is 7.77. The first-order valence-electron chi connectivity index (χ1n) is 6.29. The van der Waals surface area contributed by atoms with E-state index in [1.807, 2.05) is 31.2 Å². The van der Waals surface area contributed by atoms with E-state index >= 15 is 0 Å². The number of hydrogen-bond acceptors (Lipinski definition) is 2. The zero-order valence-electron chi connectivity index (χ0n) is 11.5. The highest BCUT2D eigenvalue weighted by atomic mass is 32.1. The summed E-state index contributed by atoms with van der Waals surface area (Å²) < 4.78 is 5.39. The largest absolute Gasteiger partial charge is 0.494 e. The summed E-state index contributed by atoms with van der Waals surface area (Å²) in [5.74, 6) is 0.871. The Kier molecular flexibility index (Phi) is 5.41. The lowest BCUT2D eigenvalue weighted by atomic mass is 10.0. The van der Waals surface area contributed by atoms with Gasteiger partial charge in [-0.1, -0.05) is 6.92 Å². The van der Waals surface area contributed by atoms with E-state index < -0.39 is 0 Å². The van der Waals surface area contributed by atoms with Crippen molar-refractivity contribution in [3.8, 4) is 5.75 Å². The molecule has 0 saturated heterocycles. The Labute approximate surface area is 115 Å². The van der Waals surface area contributed by atoms with Crippen molar-refractivity contribution in [1.82, 2.24) is 5.32 Å². The number of benzene rings is 1. The molecule has 1 aromatic carbocycles. The smallest absolute Gasteiger partial charge is 0.171 e. The number of rotatable bonds is 5. The van der Waals surface area contributed by atoms with Crippen molar-refractivity contribution >= 4 is 23.0 Å². The topological polar surface area (TPSA) is 33.3 Å². The fourth-order valence-corrected chi connectivity index (χ4v) is 1.75. The van der Waals surface area contributed by atoms with Gasteiger partial charge in [-0.15, -0.1) is 0 Å². The van der Waals surface area contributed by atoms with E-state index in [0.717, 1.165) is 17.9 Å². The van der Waals surface area contributed by atoms with Gasteiger partial charge in [0.05, 0.1) is 6.61 Å². The molecular weight excluding hydrogens is 244 g/mol. The monoisotopic (exact) mass is 266 g/mol. The van der Waals surface area contributed by atoms with Crippen LogP contribution in [0.15, 0.2) is 24.3 Å². The minimum Gasteiger partial charge on any atom is -0.494 e. The fourth-order valence-electron chi connectivity index (χ4n) is 1.36. The summed E-state index contributed by atoms with van der Waals surface area (Å²) >= 11 is 5.28. The Morgan fingerprint density at radius 1 is 1.22 bits per heavy atom. The SMILES string of the molecule is CCOc1ccc(NC(=S)NC(C)(C)CC)cc1. The molecule has 0 spiro atoms. The first-order valence-corrected chi connectivity index (χ1v) is 6.69. The average molecular weight is 266 g/mol.